The summed E-state index contributed by atoms with van der Waals surface area (Å²) < 4.78 is 28.5. The van der Waals surface area contributed by atoms with Crippen molar-refractivity contribution in [1.29, 1.82) is 0 Å². The Hall–Kier alpha value is -1.92. The molecular formula is C15H11BrN2O2S. The molecule has 0 saturated heterocycles. The number of aromatic nitrogens is 1. The van der Waals surface area contributed by atoms with Gasteiger partial charge in [-0.05, 0) is 52.3 Å². The SMILES string of the molecule is O=S(=O)(Nc1ccccc1Br)c1cccc2ncccc12. The zero-order chi connectivity index (χ0) is 14.9. The highest BCUT2D eigenvalue weighted by Gasteiger charge is 2.18. The van der Waals surface area contributed by atoms with Crippen LogP contribution < -0.4 is 4.72 Å². The molecule has 106 valence electrons. The maximum absolute atomic E-state index is 12.6. The van der Waals surface area contributed by atoms with Crippen LogP contribution in [0.3, 0.4) is 0 Å². The van der Waals surface area contributed by atoms with Crippen molar-refractivity contribution in [3.8, 4) is 0 Å². The Morgan fingerprint density at radius 2 is 1.76 bits per heavy atom. The van der Waals surface area contributed by atoms with E-state index in [0.717, 1.165) is 0 Å². The number of rotatable bonds is 3. The minimum Gasteiger partial charge on any atom is -0.278 e. The van der Waals surface area contributed by atoms with Crippen LogP contribution in [0.2, 0.25) is 0 Å². The fourth-order valence-corrected chi connectivity index (χ4v) is 3.87. The third kappa shape index (κ3) is 2.77. The Bertz CT molecular complexity index is 905. The first-order valence-corrected chi connectivity index (χ1v) is 8.47. The number of nitrogens with one attached hydrogen (secondary N) is 1. The van der Waals surface area contributed by atoms with Crippen LogP contribution >= 0.6 is 15.9 Å². The van der Waals surface area contributed by atoms with E-state index in [9.17, 15) is 8.42 Å². The van der Waals surface area contributed by atoms with E-state index >= 15 is 0 Å². The van der Waals surface area contributed by atoms with Gasteiger partial charge in [-0.1, -0.05) is 18.2 Å². The van der Waals surface area contributed by atoms with Gasteiger partial charge in [-0.3, -0.25) is 9.71 Å². The number of para-hydroxylation sites is 1. The Labute approximate surface area is 131 Å². The Balaban J connectivity index is 2.11. The molecule has 0 spiro atoms. The van der Waals surface area contributed by atoms with E-state index in [1.54, 1.807) is 54.7 Å². The van der Waals surface area contributed by atoms with Gasteiger partial charge in [-0.25, -0.2) is 8.42 Å². The van der Waals surface area contributed by atoms with Crippen molar-refractivity contribution in [3.63, 3.8) is 0 Å². The molecule has 0 amide bonds. The molecule has 1 heterocycles. The van der Waals surface area contributed by atoms with Crippen molar-refractivity contribution in [1.82, 2.24) is 4.98 Å². The van der Waals surface area contributed by atoms with E-state index in [1.807, 2.05) is 6.07 Å². The third-order valence-electron chi connectivity index (χ3n) is 3.01. The van der Waals surface area contributed by atoms with Gasteiger partial charge >= 0.3 is 0 Å². The standard InChI is InChI=1S/C15H11BrN2O2S/c16-12-6-1-2-7-14(12)18-21(19,20)15-9-3-8-13-11(15)5-4-10-17-13/h1-10,18H. The summed E-state index contributed by atoms with van der Waals surface area (Å²) in [6.45, 7) is 0. The lowest BCUT2D eigenvalue weighted by Crippen LogP contribution is -2.13. The van der Waals surface area contributed by atoms with Crippen molar-refractivity contribution in [2.24, 2.45) is 0 Å². The number of benzene rings is 2. The Morgan fingerprint density at radius 3 is 2.57 bits per heavy atom. The summed E-state index contributed by atoms with van der Waals surface area (Å²) in [5, 5.41) is 0.597. The first kappa shape index (κ1) is 14.0. The molecule has 4 nitrogen and oxygen atoms in total. The van der Waals surface area contributed by atoms with Crippen LogP contribution in [-0.2, 0) is 10.0 Å². The summed E-state index contributed by atoms with van der Waals surface area (Å²) >= 11 is 3.33. The number of sulfonamides is 1. The van der Waals surface area contributed by atoms with Crippen molar-refractivity contribution in [3.05, 3.63) is 65.3 Å². The second kappa shape index (κ2) is 5.46. The second-order valence-electron chi connectivity index (χ2n) is 4.41. The summed E-state index contributed by atoms with van der Waals surface area (Å²) in [4.78, 5) is 4.39. The minimum absolute atomic E-state index is 0.212. The van der Waals surface area contributed by atoms with Gasteiger partial charge in [-0.2, -0.15) is 0 Å². The summed E-state index contributed by atoms with van der Waals surface area (Å²) in [5.74, 6) is 0. The highest BCUT2D eigenvalue weighted by molar-refractivity contribution is 9.10. The smallest absolute Gasteiger partial charge is 0.262 e. The van der Waals surface area contributed by atoms with Crippen LogP contribution in [-0.4, -0.2) is 13.4 Å². The fraction of sp³-hybridized carbons (Fsp3) is 0. The monoisotopic (exact) mass is 362 g/mol. The second-order valence-corrected chi connectivity index (χ2v) is 6.92. The average molecular weight is 363 g/mol. The number of fused-ring (bicyclic) bond motifs is 1. The molecule has 1 N–H and O–H groups in total. The lowest BCUT2D eigenvalue weighted by molar-refractivity contribution is 0.602. The molecule has 6 heteroatoms. The molecule has 3 aromatic rings. The molecular weight excluding hydrogens is 352 g/mol. The van der Waals surface area contributed by atoms with Gasteiger partial charge in [0.05, 0.1) is 16.1 Å². The summed E-state index contributed by atoms with van der Waals surface area (Å²) in [6.07, 6.45) is 1.64. The number of hydrogen-bond donors (Lipinski definition) is 1. The maximum atomic E-state index is 12.6. The number of anilines is 1. The quantitative estimate of drug-likeness (QED) is 0.770. The molecule has 0 unspecified atom stereocenters. The molecule has 0 atom stereocenters. The van der Waals surface area contributed by atoms with Crippen LogP contribution in [0, 0.1) is 0 Å². The molecule has 0 saturated carbocycles. The van der Waals surface area contributed by atoms with Crippen molar-refractivity contribution >= 4 is 42.5 Å². The van der Waals surface area contributed by atoms with E-state index in [4.69, 9.17) is 0 Å². The molecule has 1 aromatic heterocycles. The molecule has 0 fully saturated rings. The molecule has 0 aliphatic carbocycles. The lowest BCUT2D eigenvalue weighted by atomic mass is 10.2. The van der Waals surface area contributed by atoms with Crippen LogP contribution in [0.15, 0.2) is 70.2 Å². The van der Waals surface area contributed by atoms with Gasteiger partial charge in [0.2, 0.25) is 0 Å². The predicted octanol–water partition coefficient (Wildman–Crippen LogP) is 3.80. The average Bonchev–Trinajstić information content (AvgIpc) is 2.49. The van der Waals surface area contributed by atoms with E-state index in [2.05, 4.69) is 25.6 Å². The molecule has 0 aliphatic heterocycles. The molecule has 0 aliphatic rings. The Kier molecular flexibility index (Phi) is 3.65. The zero-order valence-electron chi connectivity index (χ0n) is 10.8. The van der Waals surface area contributed by atoms with Crippen LogP contribution in [0.1, 0.15) is 0 Å². The Morgan fingerprint density at radius 1 is 0.952 bits per heavy atom. The van der Waals surface area contributed by atoms with Gasteiger partial charge < -0.3 is 0 Å². The molecule has 21 heavy (non-hydrogen) atoms. The first-order chi connectivity index (χ1) is 10.1. The normalized spacial score (nSPS) is 11.5. The van der Waals surface area contributed by atoms with Gasteiger partial charge in [0.15, 0.2) is 0 Å². The molecule has 3 rings (SSSR count). The van der Waals surface area contributed by atoms with E-state index in [1.165, 1.54) is 0 Å². The van der Waals surface area contributed by atoms with Crippen molar-refractivity contribution in [2.45, 2.75) is 4.90 Å². The molecule has 2 aromatic carbocycles. The zero-order valence-corrected chi connectivity index (χ0v) is 13.2. The van der Waals surface area contributed by atoms with Crippen LogP contribution in [0.5, 0.6) is 0 Å². The highest BCUT2D eigenvalue weighted by Crippen LogP contribution is 2.27. The van der Waals surface area contributed by atoms with Crippen molar-refractivity contribution in [2.75, 3.05) is 4.72 Å². The van der Waals surface area contributed by atoms with E-state index < -0.39 is 10.0 Å². The number of hydrogen-bond acceptors (Lipinski definition) is 3. The number of pyridine rings is 1. The highest BCUT2D eigenvalue weighted by atomic mass is 79.9. The summed E-state index contributed by atoms with van der Waals surface area (Å²) in [5.41, 5.74) is 1.14. The first-order valence-electron chi connectivity index (χ1n) is 6.19. The van der Waals surface area contributed by atoms with Gasteiger partial charge in [-0.15, -0.1) is 0 Å². The van der Waals surface area contributed by atoms with Crippen LogP contribution in [0.25, 0.3) is 10.9 Å². The lowest BCUT2D eigenvalue weighted by Gasteiger charge is -2.11. The van der Waals surface area contributed by atoms with Crippen molar-refractivity contribution < 1.29 is 8.42 Å². The van der Waals surface area contributed by atoms with Gasteiger partial charge in [0.25, 0.3) is 10.0 Å². The topological polar surface area (TPSA) is 59.1 Å². The van der Waals surface area contributed by atoms with Gasteiger partial charge in [0, 0.05) is 16.1 Å². The summed E-state index contributed by atoms with van der Waals surface area (Å²) in [7, 11) is -3.68. The molecule has 0 bridgehead atoms. The number of halogens is 1. The summed E-state index contributed by atoms with van der Waals surface area (Å²) in [6, 6.07) is 15.6. The fourth-order valence-electron chi connectivity index (χ4n) is 2.05. The molecule has 0 radical (unpaired) electrons. The maximum Gasteiger partial charge on any atom is 0.262 e. The minimum atomic E-state index is -3.68. The predicted molar refractivity (Wildman–Crippen MR) is 86.7 cm³/mol. The number of nitrogens with zero attached hydrogens (tertiary/aromatic N) is 1. The van der Waals surface area contributed by atoms with Crippen LogP contribution in [0.4, 0.5) is 5.69 Å². The van der Waals surface area contributed by atoms with E-state index in [0.29, 0.717) is 21.1 Å². The largest absolute Gasteiger partial charge is 0.278 e. The third-order valence-corrected chi connectivity index (χ3v) is 5.13. The van der Waals surface area contributed by atoms with E-state index in [-0.39, 0.29) is 4.90 Å². The van der Waals surface area contributed by atoms with Gasteiger partial charge in [0.1, 0.15) is 0 Å².